The fourth-order valence-corrected chi connectivity index (χ4v) is 4.76. The van der Waals surface area contributed by atoms with Crippen LogP contribution in [0.3, 0.4) is 0 Å². The molecule has 0 aliphatic rings. The van der Waals surface area contributed by atoms with E-state index in [9.17, 15) is 13.2 Å². The first-order valence-electron chi connectivity index (χ1n) is 10.6. The molecule has 0 bridgehead atoms. The van der Waals surface area contributed by atoms with Crippen molar-refractivity contribution in [3.63, 3.8) is 0 Å². The molecule has 0 saturated heterocycles. The number of sulfonamides is 1. The Labute approximate surface area is 198 Å². The lowest BCUT2D eigenvalue weighted by molar-refractivity contribution is -0.118. The van der Waals surface area contributed by atoms with Crippen molar-refractivity contribution < 1.29 is 17.9 Å². The Morgan fingerprint density at radius 3 is 2.24 bits per heavy atom. The topological polar surface area (TPSA) is 88.6 Å². The Morgan fingerprint density at radius 1 is 0.853 bits per heavy atom. The van der Waals surface area contributed by atoms with E-state index in [1.807, 2.05) is 30.3 Å². The van der Waals surface area contributed by atoms with Gasteiger partial charge in [0.1, 0.15) is 5.75 Å². The summed E-state index contributed by atoms with van der Waals surface area (Å²) in [7, 11) is -3.85. The molecule has 0 atom stereocenters. The summed E-state index contributed by atoms with van der Waals surface area (Å²) in [5.74, 6) is 0.0401. The van der Waals surface area contributed by atoms with Crippen molar-refractivity contribution in [2.45, 2.75) is 11.4 Å². The molecule has 7 nitrogen and oxygen atoms in total. The van der Waals surface area contributed by atoms with Crippen molar-refractivity contribution in [2.24, 2.45) is 0 Å². The maximum atomic E-state index is 13.5. The minimum Gasteiger partial charge on any atom is -0.484 e. The standard InChI is InChI=1S/C26H23N3O4S/c30-26(28-22-14-16-27-17-15-22)20-33-24-11-7-10-23(18-24)29(19-21-8-3-1-4-9-21)34(31,32)25-12-5-2-6-13-25/h1-18H,19-20H2,(H,27,28,30). The Balaban J connectivity index is 1.57. The molecule has 0 aliphatic carbocycles. The predicted molar refractivity (Wildman–Crippen MR) is 131 cm³/mol. The number of nitrogens with zero attached hydrogens (tertiary/aromatic N) is 2. The molecule has 1 aromatic heterocycles. The molecular weight excluding hydrogens is 450 g/mol. The van der Waals surface area contributed by atoms with Gasteiger partial charge in [0.2, 0.25) is 0 Å². The predicted octanol–water partition coefficient (Wildman–Crippen LogP) is 4.49. The summed E-state index contributed by atoms with van der Waals surface area (Å²) in [6, 6.07) is 27.7. The van der Waals surface area contributed by atoms with Crippen molar-refractivity contribution >= 4 is 27.3 Å². The van der Waals surface area contributed by atoms with Gasteiger partial charge in [0, 0.05) is 24.1 Å². The molecule has 172 valence electrons. The molecule has 0 unspecified atom stereocenters. The summed E-state index contributed by atoms with van der Waals surface area (Å²) in [5.41, 5.74) is 1.88. The number of benzene rings is 3. The van der Waals surface area contributed by atoms with Gasteiger partial charge in [0.05, 0.1) is 17.1 Å². The van der Waals surface area contributed by atoms with Crippen molar-refractivity contribution in [3.05, 3.63) is 115 Å². The van der Waals surface area contributed by atoms with Crippen LogP contribution in [0.5, 0.6) is 5.75 Å². The molecule has 4 rings (SSSR count). The Kier molecular flexibility index (Phi) is 7.19. The van der Waals surface area contributed by atoms with Crippen LogP contribution in [0.15, 0.2) is 114 Å². The average molecular weight is 474 g/mol. The van der Waals surface area contributed by atoms with Gasteiger partial charge in [-0.1, -0.05) is 54.6 Å². The number of ether oxygens (including phenoxy) is 1. The zero-order valence-corrected chi connectivity index (χ0v) is 19.1. The molecule has 0 radical (unpaired) electrons. The van der Waals surface area contributed by atoms with E-state index in [1.54, 1.807) is 79.1 Å². The minimum atomic E-state index is -3.85. The lowest BCUT2D eigenvalue weighted by Gasteiger charge is -2.25. The number of hydrogen-bond donors (Lipinski definition) is 1. The molecular formula is C26H23N3O4S. The van der Waals surface area contributed by atoms with Crippen LogP contribution in [0.25, 0.3) is 0 Å². The monoisotopic (exact) mass is 473 g/mol. The molecule has 0 aliphatic heterocycles. The summed E-state index contributed by atoms with van der Waals surface area (Å²) < 4.78 is 34.1. The number of anilines is 2. The fourth-order valence-electron chi connectivity index (χ4n) is 3.29. The minimum absolute atomic E-state index is 0.143. The SMILES string of the molecule is O=C(COc1cccc(N(Cc2ccccc2)S(=O)(=O)c2ccccc2)c1)Nc1ccncc1. The zero-order chi connectivity index (χ0) is 23.8. The number of nitrogens with one attached hydrogen (secondary N) is 1. The molecule has 8 heteroatoms. The molecule has 0 spiro atoms. The van der Waals surface area contributed by atoms with Crippen LogP contribution < -0.4 is 14.4 Å². The fraction of sp³-hybridized carbons (Fsp3) is 0.0769. The third kappa shape index (κ3) is 5.79. The van der Waals surface area contributed by atoms with E-state index in [0.29, 0.717) is 17.1 Å². The summed E-state index contributed by atoms with van der Waals surface area (Å²) in [5, 5.41) is 2.72. The average Bonchev–Trinajstić information content (AvgIpc) is 2.88. The van der Waals surface area contributed by atoms with E-state index in [2.05, 4.69) is 10.3 Å². The van der Waals surface area contributed by atoms with Crippen LogP contribution in [-0.4, -0.2) is 25.9 Å². The second kappa shape index (κ2) is 10.6. The highest BCUT2D eigenvalue weighted by atomic mass is 32.2. The summed E-state index contributed by atoms with van der Waals surface area (Å²) in [6.45, 7) is -0.0834. The second-order valence-corrected chi connectivity index (χ2v) is 9.24. The van der Waals surface area contributed by atoms with Crippen LogP contribution in [0.4, 0.5) is 11.4 Å². The molecule has 4 aromatic rings. The van der Waals surface area contributed by atoms with Gasteiger partial charge in [-0.25, -0.2) is 8.42 Å². The van der Waals surface area contributed by atoms with Gasteiger partial charge >= 0.3 is 0 Å². The quantitative estimate of drug-likeness (QED) is 0.387. The summed E-state index contributed by atoms with van der Waals surface area (Å²) >= 11 is 0. The van der Waals surface area contributed by atoms with E-state index in [0.717, 1.165) is 5.56 Å². The zero-order valence-electron chi connectivity index (χ0n) is 18.2. The number of carbonyl (C=O) groups excluding carboxylic acids is 1. The van der Waals surface area contributed by atoms with Crippen LogP contribution in [-0.2, 0) is 21.4 Å². The van der Waals surface area contributed by atoms with Crippen molar-refractivity contribution in [1.82, 2.24) is 4.98 Å². The third-order valence-electron chi connectivity index (χ3n) is 4.94. The van der Waals surface area contributed by atoms with Gasteiger partial charge in [0.15, 0.2) is 6.61 Å². The molecule has 1 heterocycles. The van der Waals surface area contributed by atoms with E-state index < -0.39 is 10.0 Å². The molecule has 0 saturated carbocycles. The van der Waals surface area contributed by atoms with Gasteiger partial charge in [0.25, 0.3) is 15.9 Å². The van der Waals surface area contributed by atoms with E-state index in [4.69, 9.17) is 4.74 Å². The number of aromatic nitrogens is 1. The maximum Gasteiger partial charge on any atom is 0.264 e. The van der Waals surface area contributed by atoms with E-state index in [1.165, 1.54) is 4.31 Å². The van der Waals surface area contributed by atoms with Crippen LogP contribution in [0.2, 0.25) is 0 Å². The second-order valence-electron chi connectivity index (χ2n) is 7.38. The van der Waals surface area contributed by atoms with E-state index in [-0.39, 0.29) is 24.0 Å². The maximum absolute atomic E-state index is 13.5. The summed E-state index contributed by atoms with van der Waals surface area (Å²) in [6.07, 6.45) is 3.16. The van der Waals surface area contributed by atoms with Crippen molar-refractivity contribution in [1.29, 1.82) is 0 Å². The Morgan fingerprint density at radius 2 is 1.53 bits per heavy atom. The number of amides is 1. The Hall–Kier alpha value is -4.17. The smallest absolute Gasteiger partial charge is 0.264 e. The molecule has 1 amide bonds. The lowest BCUT2D eigenvalue weighted by atomic mass is 10.2. The van der Waals surface area contributed by atoms with Crippen LogP contribution >= 0.6 is 0 Å². The van der Waals surface area contributed by atoms with Gasteiger partial charge in [-0.05, 0) is 42.0 Å². The lowest BCUT2D eigenvalue weighted by Crippen LogP contribution is -2.30. The van der Waals surface area contributed by atoms with Crippen molar-refractivity contribution in [3.8, 4) is 5.75 Å². The molecule has 0 fully saturated rings. The van der Waals surface area contributed by atoms with Crippen LogP contribution in [0.1, 0.15) is 5.56 Å². The molecule has 34 heavy (non-hydrogen) atoms. The first-order chi connectivity index (χ1) is 16.5. The highest BCUT2D eigenvalue weighted by Gasteiger charge is 2.25. The van der Waals surface area contributed by atoms with Gasteiger partial charge in [-0.15, -0.1) is 0 Å². The summed E-state index contributed by atoms with van der Waals surface area (Å²) in [4.78, 5) is 16.3. The molecule has 1 N–H and O–H groups in total. The number of carbonyl (C=O) groups is 1. The first-order valence-corrected chi connectivity index (χ1v) is 12.0. The van der Waals surface area contributed by atoms with Gasteiger partial charge in [-0.3, -0.25) is 14.1 Å². The van der Waals surface area contributed by atoms with Crippen LogP contribution in [0, 0.1) is 0 Å². The normalized spacial score (nSPS) is 10.9. The third-order valence-corrected chi connectivity index (χ3v) is 6.73. The largest absolute Gasteiger partial charge is 0.484 e. The van der Waals surface area contributed by atoms with E-state index >= 15 is 0 Å². The number of pyridine rings is 1. The number of rotatable bonds is 9. The number of hydrogen-bond acceptors (Lipinski definition) is 5. The van der Waals surface area contributed by atoms with Gasteiger partial charge < -0.3 is 10.1 Å². The first kappa shape index (κ1) is 23.0. The Bertz CT molecular complexity index is 1330. The van der Waals surface area contributed by atoms with Crippen molar-refractivity contribution in [2.75, 3.05) is 16.2 Å². The van der Waals surface area contributed by atoms with Gasteiger partial charge in [-0.2, -0.15) is 0 Å². The molecule has 3 aromatic carbocycles. The highest BCUT2D eigenvalue weighted by Crippen LogP contribution is 2.29. The highest BCUT2D eigenvalue weighted by molar-refractivity contribution is 7.92.